The number of nitrogens with one attached hydrogen (secondary N) is 1. The molecule has 0 aliphatic carbocycles. The van der Waals surface area contributed by atoms with Crippen LogP contribution in [0.5, 0.6) is 0 Å². The molecule has 24 heavy (non-hydrogen) atoms. The summed E-state index contributed by atoms with van der Waals surface area (Å²) >= 11 is 6.27. The van der Waals surface area contributed by atoms with Crippen molar-refractivity contribution in [1.82, 2.24) is 9.97 Å². The van der Waals surface area contributed by atoms with Gasteiger partial charge in [0.2, 0.25) is 0 Å². The number of aromatic nitrogens is 2. The molecule has 4 rings (SSSR count). The quantitative estimate of drug-likeness (QED) is 0.495. The number of nitrogens with zero attached hydrogens (tertiary/aromatic N) is 2. The molecule has 5 heteroatoms. The Morgan fingerprint density at radius 3 is 2.58 bits per heavy atom. The highest BCUT2D eigenvalue weighted by molar-refractivity contribution is 6.92. The van der Waals surface area contributed by atoms with Crippen LogP contribution in [0.3, 0.4) is 0 Å². The van der Waals surface area contributed by atoms with Crippen molar-refractivity contribution >= 4 is 57.7 Å². The lowest BCUT2D eigenvalue weighted by atomic mass is 10.1. The average Bonchev–Trinajstić information content (AvgIpc) is 2.88. The second-order valence-electron chi connectivity index (χ2n) is 7.12. The molecule has 0 aliphatic rings. The summed E-state index contributed by atoms with van der Waals surface area (Å²) in [5.74, 6) is 0. The summed E-state index contributed by atoms with van der Waals surface area (Å²) in [6.07, 6.45) is 0. The number of halogens is 1. The molecule has 2 heterocycles. The Morgan fingerprint density at radius 2 is 1.88 bits per heavy atom. The summed E-state index contributed by atoms with van der Waals surface area (Å²) in [7, 11) is -1.70. The molecule has 0 saturated carbocycles. The van der Waals surface area contributed by atoms with E-state index in [0.717, 1.165) is 37.9 Å². The minimum absolute atomic E-state index is 0.663. The van der Waals surface area contributed by atoms with Gasteiger partial charge in [0.15, 0.2) is 0 Å². The lowest BCUT2D eigenvalue weighted by Crippen LogP contribution is -2.39. The van der Waals surface area contributed by atoms with Crippen LogP contribution in [0.2, 0.25) is 24.7 Å². The lowest BCUT2D eigenvalue weighted by Gasteiger charge is -2.21. The van der Waals surface area contributed by atoms with E-state index in [-0.39, 0.29) is 0 Å². The predicted molar refractivity (Wildman–Crippen MR) is 104 cm³/mol. The number of hydrogen-bond donors (Lipinski definition) is 1. The summed E-state index contributed by atoms with van der Waals surface area (Å²) in [4.78, 5) is 8.23. The topological polar surface area (TPSA) is 52.5 Å². The number of fused-ring (bicyclic) bond motifs is 4. The van der Waals surface area contributed by atoms with Gasteiger partial charge in [0, 0.05) is 26.7 Å². The van der Waals surface area contributed by atoms with Crippen LogP contribution in [-0.2, 0) is 0 Å². The summed E-state index contributed by atoms with van der Waals surface area (Å²) < 4.78 is 0. The first-order valence-corrected chi connectivity index (χ1v) is 11.7. The van der Waals surface area contributed by atoms with Gasteiger partial charge in [-0.15, -0.1) is 0 Å². The molecule has 0 radical (unpaired) electrons. The highest BCUT2D eigenvalue weighted by Gasteiger charge is 2.25. The summed E-state index contributed by atoms with van der Waals surface area (Å²) in [6, 6.07) is 13.9. The van der Waals surface area contributed by atoms with E-state index in [1.54, 1.807) is 0 Å². The zero-order valence-electron chi connectivity index (χ0n) is 13.7. The molecule has 2 aromatic heterocycles. The van der Waals surface area contributed by atoms with E-state index < -0.39 is 8.07 Å². The van der Waals surface area contributed by atoms with Crippen molar-refractivity contribution in [1.29, 1.82) is 5.26 Å². The van der Waals surface area contributed by atoms with Gasteiger partial charge in [-0.2, -0.15) is 5.26 Å². The number of benzene rings is 2. The van der Waals surface area contributed by atoms with Gasteiger partial charge in [-0.25, -0.2) is 4.98 Å². The average molecular weight is 350 g/mol. The summed E-state index contributed by atoms with van der Waals surface area (Å²) in [6.45, 7) is 6.99. The maximum Gasteiger partial charge on any atom is 0.138 e. The molecular formula is C19H16ClN3Si. The fourth-order valence-electron chi connectivity index (χ4n) is 3.42. The minimum Gasteiger partial charge on any atom is -0.339 e. The van der Waals surface area contributed by atoms with Gasteiger partial charge in [-0.1, -0.05) is 31.2 Å². The van der Waals surface area contributed by atoms with Gasteiger partial charge in [0.1, 0.15) is 5.65 Å². The fraction of sp³-hybridized carbons (Fsp3) is 0.158. The zero-order chi connectivity index (χ0) is 17.1. The molecule has 0 fully saturated rings. The number of rotatable bonds is 1. The molecule has 3 nitrogen and oxygen atoms in total. The van der Waals surface area contributed by atoms with Crippen molar-refractivity contribution < 1.29 is 0 Å². The molecule has 0 spiro atoms. The molecule has 0 amide bonds. The Morgan fingerprint density at radius 1 is 1.08 bits per heavy atom. The molecular weight excluding hydrogens is 334 g/mol. The van der Waals surface area contributed by atoms with Crippen LogP contribution in [0, 0.1) is 11.3 Å². The Balaban J connectivity index is 2.31. The Hall–Kier alpha value is -2.35. The van der Waals surface area contributed by atoms with Gasteiger partial charge < -0.3 is 4.98 Å². The second-order valence-corrected chi connectivity index (χ2v) is 12.6. The van der Waals surface area contributed by atoms with Crippen molar-refractivity contribution in [2.24, 2.45) is 0 Å². The molecule has 2 aromatic carbocycles. The Bertz CT molecular complexity index is 1160. The third kappa shape index (κ3) is 2.21. The van der Waals surface area contributed by atoms with E-state index in [1.807, 2.05) is 36.4 Å². The van der Waals surface area contributed by atoms with Crippen LogP contribution in [0.4, 0.5) is 0 Å². The Kier molecular flexibility index (Phi) is 3.21. The molecule has 0 bridgehead atoms. The Labute approximate surface area is 145 Å². The standard InChI is InChI=1S/C19H16ClN3Si/c1-24(2,3)18-14-9-12(20)5-7-16(14)23-19-17(18)13-8-11(10-21)4-6-15(13)22-19/h4-9H,1-3H3,(H,22,23). The number of pyridine rings is 1. The van der Waals surface area contributed by atoms with Gasteiger partial charge in [-0.05, 0) is 41.6 Å². The summed E-state index contributed by atoms with van der Waals surface area (Å²) in [5.41, 5.74) is 3.51. The van der Waals surface area contributed by atoms with Crippen molar-refractivity contribution in [2.45, 2.75) is 19.6 Å². The van der Waals surface area contributed by atoms with Crippen molar-refractivity contribution in [2.75, 3.05) is 0 Å². The first-order chi connectivity index (χ1) is 11.4. The van der Waals surface area contributed by atoms with Crippen molar-refractivity contribution in [3.05, 3.63) is 47.0 Å². The third-order valence-corrected chi connectivity index (χ3v) is 6.62. The van der Waals surface area contributed by atoms with E-state index in [4.69, 9.17) is 16.6 Å². The first kappa shape index (κ1) is 15.2. The SMILES string of the molecule is C[Si](C)(C)c1c2cc(Cl)ccc2nc2[nH]c3ccc(C#N)cc3c12. The molecule has 0 aliphatic heterocycles. The maximum absolute atomic E-state index is 9.26. The van der Waals surface area contributed by atoms with E-state index in [9.17, 15) is 5.26 Å². The monoisotopic (exact) mass is 349 g/mol. The van der Waals surface area contributed by atoms with Crippen molar-refractivity contribution in [3.63, 3.8) is 0 Å². The third-order valence-electron chi connectivity index (χ3n) is 4.37. The van der Waals surface area contributed by atoms with Crippen LogP contribution in [-0.4, -0.2) is 18.0 Å². The van der Waals surface area contributed by atoms with Crippen LogP contribution < -0.4 is 5.19 Å². The van der Waals surface area contributed by atoms with E-state index in [0.29, 0.717) is 5.56 Å². The number of nitriles is 1. The van der Waals surface area contributed by atoms with Crippen LogP contribution in [0.25, 0.3) is 32.8 Å². The number of aromatic amines is 1. The molecule has 0 unspecified atom stereocenters. The van der Waals surface area contributed by atoms with Gasteiger partial charge in [0.25, 0.3) is 0 Å². The largest absolute Gasteiger partial charge is 0.339 e. The highest BCUT2D eigenvalue weighted by Crippen LogP contribution is 2.30. The second kappa shape index (κ2) is 5.07. The normalized spacial score (nSPS) is 12.1. The highest BCUT2D eigenvalue weighted by atomic mass is 35.5. The van der Waals surface area contributed by atoms with E-state index in [1.165, 1.54) is 5.19 Å². The van der Waals surface area contributed by atoms with E-state index >= 15 is 0 Å². The molecule has 4 aromatic rings. The zero-order valence-corrected chi connectivity index (χ0v) is 15.5. The molecule has 1 N–H and O–H groups in total. The smallest absolute Gasteiger partial charge is 0.138 e. The molecule has 0 atom stereocenters. The van der Waals surface area contributed by atoms with E-state index in [2.05, 4.69) is 30.7 Å². The molecule has 0 saturated heterocycles. The number of H-pyrrole nitrogens is 1. The fourth-order valence-corrected chi connectivity index (χ4v) is 5.61. The maximum atomic E-state index is 9.26. The minimum atomic E-state index is -1.70. The summed E-state index contributed by atoms with van der Waals surface area (Å²) in [5, 5.41) is 14.6. The lowest BCUT2D eigenvalue weighted by molar-refractivity contribution is 1.40. The van der Waals surface area contributed by atoms with Crippen LogP contribution in [0.1, 0.15) is 5.56 Å². The predicted octanol–water partition coefficient (Wildman–Crippen LogP) is 4.94. The van der Waals surface area contributed by atoms with Gasteiger partial charge in [0.05, 0.1) is 25.2 Å². The van der Waals surface area contributed by atoms with Gasteiger partial charge in [-0.3, -0.25) is 0 Å². The molecule has 118 valence electrons. The van der Waals surface area contributed by atoms with Crippen LogP contribution >= 0.6 is 11.6 Å². The number of hydrogen-bond acceptors (Lipinski definition) is 2. The van der Waals surface area contributed by atoms with Crippen LogP contribution in [0.15, 0.2) is 36.4 Å². The first-order valence-electron chi connectivity index (χ1n) is 7.84. The van der Waals surface area contributed by atoms with Gasteiger partial charge >= 0.3 is 0 Å². The van der Waals surface area contributed by atoms with Crippen molar-refractivity contribution in [3.8, 4) is 6.07 Å².